The normalized spacial score (nSPS) is 11.9. The number of hydrogen-bond donors (Lipinski definition) is 1. The molecule has 0 saturated heterocycles. The van der Waals surface area contributed by atoms with E-state index >= 15 is 0 Å². The molecule has 0 aliphatic rings. The topological polar surface area (TPSA) is 82.1 Å². The lowest BCUT2D eigenvalue weighted by molar-refractivity contribution is -0.705. The van der Waals surface area contributed by atoms with E-state index in [-0.39, 0.29) is 10.9 Å². The van der Waals surface area contributed by atoms with Gasteiger partial charge < -0.3 is 14.9 Å². The van der Waals surface area contributed by atoms with Gasteiger partial charge in [0.2, 0.25) is 11.6 Å². The summed E-state index contributed by atoms with van der Waals surface area (Å²) in [4.78, 5) is 12.5. The minimum absolute atomic E-state index is 0.168. The molecule has 1 heterocycles. The molecule has 7 heteroatoms. The van der Waals surface area contributed by atoms with E-state index in [9.17, 15) is 9.90 Å². The van der Waals surface area contributed by atoms with E-state index in [2.05, 4.69) is 10.6 Å². The Morgan fingerprint density at radius 1 is 1.20 bits per heavy atom. The lowest BCUT2D eigenvalue weighted by Crippen LogP contribution is -2.36. The van der Waals surface area contributed by atoms with E-state index in [1.807, 2.05) is 67.6 Å². The molecular weight excluding hydrogens is 338 g/mol. The Kier molecular flexibility index (Phi) is 5.35. The van der Waals surface area contributed by atoms with Gasteiger partial charge in [0.25, 0.3) is 5.03 Å². The molecule has 2 aromatic carbocycles. The lowest BCUT2D eigenvalue weighted by atomic mass is 10.3. The molecule has 1 N–H and O–H groups in total. The molecule has 0 aliphatic carbocycles. The third-order valence-electron chi connectivity index (χ3n) is 3.53. The number of hydrogen-bond acceptors (Lipinski definition) is 5. The summed E-state index contributed by atoms with van der Waals surface area (Å²) in [5.74, 6) is -0.723. The number of thioether (sulfide) groups is 1. The van der Waals surface area contributed by atoms with Gasteiger partial charge in [-0.15, -0.1) is 0 Å². The summed E-state index contributed by atoms with van der Waals surface area (Å²) in [7, 11) is 0. The Bertz CT molecular complexity index is 837. The minimum Gasteiger partial charge on any atom is -0.538 e. The zero-order chi connectivity index (χ0) is 17.6. The van der Waals surface area contributed by atoms with Crippen molar-refractivity contribution in [2.75, 3.05) is 5.32 Å². The van der Waals surface area contributed by atoms with Crippen molar-refractivity contribution in [2.24, 2.45) is 0 Å². The maximum atomic E-state index is 12.5. The monoisotopic (exact) mass is 355 g/mol. The van der Waals surface area contributed by atoms with E-state index < -0.39 is 11.2 Å². The molecule has 0 spiro atoms. The fraction of sp³-hybridized carbons (Fsp3) is 0.167. The highest BCUT2D eigenvalue weighted by Crippen LogP contribution is 2.29. The van der Waals surface area contributed by atoms with Gasteiger partial charge in [0.05, 0.1) is 10.5 Å². The Balaban J connectivity index is 1.80. The minimum atomic E-state index is -0.556. The molecule has 3 aromatic rings. The summed E-state index contributed by atoms with van der Waals surface area (Å²) in [6, 6.07) is 18.4. The number of aromatic nitrogens is 2. The highest BCUT2D eigenvalue weighted by Gasteiger charge is 2.28. The molecule has 0 fully saturated rings. The second-order valence-electron chi connectivity index (χ2n) is 5.28. The molecule has 3 rings (SSSR count). The van der Waals surface area contributed by atoms with Gasteiger partial charge in [-0.3, -0.25) is 4.79 Å². The molecule has 25 heavy (non-hydrogen) atoms. The summed E-state index contributed by atoms with van der Waals surface area (Å²) in [6.45, 7) is 1.90. The van der Waals surface area contributed by atoms with Crippen molar-refractivity contribution in [2.45, 2.75) is 23.6 Å². The molecule has 0 radical (unpaired) electrons. The average Bonchev–Trinajstić information content (AvgIpc) is 3.01. The number of anilines is 1. The standard InChI is InChI=1S/C18H17N3O3S/c1-2-15(16(22)19-13-9-5-3-6-10-13)25-17-18(23)24-20-21(17)14-11-7-4-8-12-14/h3-12,15H,2H2,1H3,(H-,19,20,22,23). The van der Waals surface area contributed by atoms with Crippen LogP contribution in [0.5, 0.6) is 5.95 Å². The van der Waals surface area contributed by atoms with E-state index in [0.717, 1.165) is 17.4 Å². The second kappa shape index (κ2) is 7.85. The van der Waals surface area contributed by atoms with Crippen molar-refractivity contribution in [3.8, 4) is 11.6 Å². The summed E-state index contributed by atoms with van der Waals surface area (Å²) in [5.41, 5.74) is 1.42. The molecule has 6 nitrogen and oxygen atoms in total. The number of carbonyl (C=O) groups excluding carboxylic acids is 1. The molecule has 1 unspecified atom stereocenters. The van der Waals surface area contributed by atoms with Crippen LogP contribution in [0.3, 0.4) is 0 Å². The smallest absolute Gasteiger partial charge is 0.298 e. The van der Waals surface area contributed by atoms with Crippen LogP contribution in [0.4, 0.5) is 5.69 Å². The zero-order valence-corrected chi connectivity index (χ0v) is 14.4. The van der Waals surface area contributed by atoms with Crippen LogP contribution in [0.25, 0.3) is 5.69 Å². The molecule has 0 bridgehead atoms. The van der Waals surface area contributed by atoms with Gasteiger partial charge in [-0.05, 0) is 35.0 Å². The van der Waals surface area contributed by atoms with E-state index in [1.54, 1.807) is 0 Å². The Labute approximate surface area is 149 Å². The van der Waals surface area contributed by atoms with Crippen molar-refractivity contribution in [1.29, 1.82) is 0 Å². The molecule has 1 atom stereocenters. The highest BCUT2D eigenvalue weighted by atomic mass is 32.2. The molecule has 0 aliphatic heterocycles. The summed E-state index contributed by atoms with van der Waals surface area (Å²) in [6.07, 6.45) is 0.558. The van der Waals surface area contributed by atoms with Gasteiger partial charge in [0.15, 0.2) is 5.95 Å². The lowest BCUT2D eigenvalue weighted by Gasteiger charge is -2.12. The summed E-state index contributed by atoms with van der Waals surface area (Å²) >= 11 is 1.15. The van der Waals surface area contributed by atoms with Crippen LogP contribution in [0.2, 0.25) is 0 Å². The van der Waals surface area contributed by atoms with Crippen molar-refractivity contribution < 1.29 is 19.1 Å². The summed E-state index contributed by atoms with van der Waals surface area (Å²) < 4.78 is 6.22. The van der Waals surface area contributed by atoms with Crippen LogP contribution in [-0.4, -0.2) is 16.4 Å². The number of amides is 1. The van der Waals surface area contributed by atoms with Crippen LogP contribution in [0.15, 0.2) is 70.2 Å². The van der Waals surface area contributed by atoms with Crippen LogP contribution in [0, 0.1) is 0 Å². The summed E-state index contributed by atoms with van der Waals surface area (Å²) in [5, 5.41) is 18.5. The zero-order valence-electron chi connectivity index (χ0n) is 13.6. The fourth-order valence-corrected chi connectivity index (χ4v) is 3.25. The number of benzene rings is 2. The van der Waals surface area contributed by atoms with Crippen molar-refractivity contribution in [3.63, 3.8) is 0 Å². The van der Waals surface area contributed by atoms with E-state index in [0.29, 0.717) is 12.1 Å². The maximum Gasteiger partial charge on any atom is 0.298 e. The number of carbonyl (C=O) groups is 1. The van der Waals surface area contributed by atoms with Gasteiger partial charge in [-0.1, -0.05) is 43.3 Å². The number of para-hydroxylation sites is 2. The van der Waals surface area contributed by atoms with Crippen molar-refractivity contribution >= 4 is 23.4 Å². The van der Waals surface area contributed by atoms with E-state index in [4.69, 9.17) is 4.52 Å². The first kappa shape index (κ1) is 17.0. The van der Waals surface area contributed by atoms with Crippen LogP contribution in [0.1, 0.15) is 13.3 Å². The SMILES string of the molecule is CCC(Sc1c([O-])on[n+]1-c1ccccc1)C(=O)Nc1ccccc1. The van der Waals surface area contributed by atoms with Gasteiger partial charge in [-0.2, -0.15) is 0 Å². The first-order chi connectivity index (χ1) is 12.2. The molecule has 1 amide bonds. The first-order valence-corrected chi connectivity index (χ1v) is 8.74. The largest absolute Gasteiger partial charge is 0.538 e. The predicted octanol–water partition coefficient (Wildman–Crippen LogP) is 2.53. The van der Waals surface area contributed by atoms with Gasteiger partial charge in [-0.25, -0.2) is 0 Å². The Morgan fingerprint density at radius 2 is 1.84 bits per heavy atom. The number of nitrogens with one attached hydrogen (secondary N) is 1. The average molecular weight is 355 g/mol. The second-order valence-corrected chi connectivity index (χ2v) is 6.47. The third-order valence-corrected chi connectivity index (χ3v) is 4.93. The Morgan fingerprint density at radius 3 is 2.48 bits per heavy atom. The predicted molar refractivity (Wildman–Crippen MR) is 92.5 cm³/mol. The maximum absolute atomic E-state index is 12.5. The number of rotatable bonds is 6. The fourth-order valence-electron chi connectivity index (χ4n) is 2.27. The van der Waals surface area contributed by atoms with Gasteiger partial charge in [0, 0.05) is 17.8 Å². The van der Waals surface area contributed by atoms with Gasteiger partial charge in [0.1, 0.15) is 0 Å². The van der Waals surface area contributed by atoms with Crippen LogP contribution in [-0.2, 0) is 4.79 Å². The van der Waals surface area contributed by atoms with Crippen LogP contribution >= 0.6 is 11.8 Å². The first-order valence-electron chi connectivity index (χ1n) is 7.86. The molecular formula is C18H17N3O3S. The third kappa shape index (κ3) is 4.00. The van der Waals surface area contributed by atoms with Crippen LogP contribution < -0.4 is 15.1 Å². The van der Waals surface area contributed by atoms with Crippen molar-refractivity contribution in [1.82, 2.24) is 5.27 Å². The molecule has 0 saturated carbocycles. The highest BCUT2D eigenvalue weighted by molar-refractivity contribution is 8.00. The molecule has 128 valence electrons. The molecule has 1 aromatic heterocycles. The quantitative estimate of drug-likeness (QED) is 0.543. The van der Waals surface area contributed by atoms with Crippen molar-refractivity contribution in [3.05, 3.63) is 60.7 Å². The van der Waals surface area contributed by atoms with E-state index in [1.165, 1.54) is 4.68 Å². The Hall–Kier alpha value is -2.80. The number of nitrogens with zero attached hydrogens (tertiary/aromatic N) is 2. The van der Waals surface area contributed by atoms with Gasteiger partial charge >= 0.3 is 0 Å².